The molecule has 2 heterocycles. The normalized spacial score (nSPS) is 18.1. The first-order valence-electron chi connectivity index (χ1n) is 8.85. The van der Waals surface area contributed by atoms with E-state index in [-0.39, 0.29) is 17.4 Å². The zero-order chi connectivity index (χ0) is 21.5. The van der Waals surface area contributed by atoms with Crippen LogP contribution in [0.5, 0.6) is 0 Å². The summed E-state index contributed by atoms with van der Waals surface area (Å²) in [5.41, 5.74) is 1.29. The number of hydrogen-bond donors (Lipinski definition) is 2. The van der Waals surface area contributed by atoms with E-state index in [1.165, 1.54) is 23.5 Å². The number of anilines is 1. The minimum atomic E-state index is -0.916. The highest BCUT2D eigenvalue weighted by atomic mass is 35.5. The summed E-state index contributed by atoms with van der Waals surface area (Å²) in [6.07, 6.45) is 4.76. The molecule has 1 amide bonds. The van der Waals surface area contributed by atoms with E-state index < -0.39 is 23.0 Å². The van der Waals surface area contributed by atoms with Crippen LogP contribution in [0.1, 0.15) is 45.6 Å². The monoisotopic (exact) mass is 434 g/mol. The smallest absolute Gasteiger partial charge is 0.294 e. The van der Waals surface area contributed by atoms with E-state index in [9.17, 15) is 14.0 Å². The number of terminal acetylenes is 1. The Labute approximate surface area is 177 Å². The zero-order valence-electron chi connectivity index (χ0n) is 16.4. The fraction of sp³-hybridized carbons (Fsp3) is 0.333. The Morgan fingerprint density at radius 2 is 2.03 bits per heavy atom. The summed E-state index contributed by atoms with van der Waals surface area (Å²) in [6.45, 7) is 6.96. The molecule has 2 N–H and O–H groups in total. The molecule has 2 atom stereocenters. The van der Waals surface area contributed by atoms with Crippen molar-refractivity contribution in [1.29, 1.82) is 0 Å². The molecule has 152 valence electrons. The number of ketones is 1. The molecular weight excluding hydrogens is 415 g/mol. The maximum Gasteiger partial charge on any atom is 0.294 e. The molecular formula is C21H20ClFN2O3S. The fourth-order valence-corrected chi connectivity index (χ4v) is 4.29. The molecule has 2 unspecified atom stereocenters. The SMILES string of the molecule is C#CC(C)(C)NC(=O)C(=O)c1sc(C)c(C2OC2Nc2ccc(F)c(Cl)c2)c1C. The highest BCUT2D eigenvalue weighted by Gasteiger charge is 2.44. The van der Waals surface area contributed by atoms with E-state index >= 15 is 0 Å². The van der Waals surface area contributed by atoms with Crippen LogP contribution in [0.25, 0.3) is 0 Å². The van der Waals surface area contributed by atoms with Crippen molar-refractivity contribution in [3.05, 3.63) is 49.9 Å². The summed E-state index contributed by atoms with van der Waals surface area (Å²) in [7, 11) is 0. The number of aryl methyl sites for hydroxylation is 1. The van der Waals surface area contributed by atoms with Gasteiger partial charge in [-0.3, -0.25) is 9.59 Å². The number of rotatable bonds is 6. The lowest BCUT2D eigenvalue weighted by Gasteiger charge is -2.18. The number of epoxide rings is 1. The molecule has 1 saturated heterocycles. The van der Waals surface area contributed by atoms with Crippen LogP contribution in [0.15, 0.2) is 18.2 Å². The number of benzene rings is 1. The summed E-state index contributed by atoms with van der Waals surface area (Å²) in [6, 6.07) is 4.32. The number of ether oxygens (including phenoxy) is 1. The highest BCUT2D eigenvalue weighted by Crippen LogP contribution is 2.45. The standard InChI is InChI=1S/C21H20ClFN2O3S/c1-6-21(4,5)25-19(27)16(26)18-10(2)15(11(3)29-18)17-20(28-17)24-12-7-8-14(23)13(22)9-12/h1,7-9,17,20,24H,2-5H3,(H,25,27). The quantitative estimate of drug-likeness (QED) is 0.306. The number of carbonyl (C=O) groups excluding carboxylic acids is 2. The van der Waals surface area contributed by atoms with Gasteiger partial charge in [0.05, 0.1) is 15.4 Å². The van der Waals surface area contributed by atoms with Crippen LogP contribution in [-0.2, 0) is 9.53 Å². The van der Waals surface area contributed by atoms with Crippen molar-refractivity contribution in [2.75, 3.05) is 5.32 Å². The van der Waals surface area contributed by atoms with Crippen molar-refractivity contribution in [1.82, 2.24) is 5.32 Å². The van der Waals surface area contributed by atoms with Gasteiger partial charge >= 0.3 is 0 Å². The van der Waals surface area contributed by atoms with Crippen molar-refractivity contribution in [3.8, 4) is 12.3 Å². The second-order valence-electron chi connectivity index (χ2n) is 7.33. The van der Waals surface area contributed by atoms with Gasteiger partial charge in [0.1, 0.15) is 11.9 Å². The van der Waals surface area contributed by atoms with Gasteiger partial charge in [-0.1, -0.05) is 17.5 Å². The van der Waals surface area contributed by atoms with Gasteiger partial charge in [-0.25, -0.2) is 4.39 Å². The lowest BCUT2D eigenvalue weighted by Crippen LogP contribution is -2.45. The summed E-state index contributed by atoms with van der Waals surface area (Å²) in [5.74, 6) is 0.573. The second-order valence-corrected chi connectivity index (χ2v) is 8.96. The Balaban J connectivity index is 1.75. The van der Waals surface area contributed by atoms with Gasteiger partial charge in [0, 0.05) is 16.1 Å². The average Bonchev–Trinajstić information content (AvgIpc) is 3.33. The summed E-state index contributed by atoms with van der Waals surface area (Å²) >= 11 is 7.06. The molecule has 0 radical (unpaired) electrons. The van der Waals surface area contributed by atoms with E-state index in [0.717, 1.165) is 10.4 Å². The van der Waals surface area contributed by atoms with Crippen LogP contribution >= 0.6 is 22.9 Å². The van der Waals surface area contributed by atoms with E-state index in [1.807, 2.05) is 6.92 Å². The fourth-order valence-electron chi connectivity index (χ4n) is 2.97. The van der Waals surface area contributed by atoms with Crippen LogP contribution < -0.4 is 10.6 Å². The Hall–Kier alpha value is -2.40. The Morgan fingerprint density at radius 3 is 2.66 bits per heavy atom. The van der Waals surface area contributed by atoms with E-state index in [0.29, 0.717) is 16.1 Å². The lowest BCUT2D eigenvalue weighted by molar-refractivity contribution is -0.117. The van der Waals surface area contributed by atoms with E-state index in [2.05, 4.69) is 16.6 Å². The summed E-state index contributed by atoms with van der Waals surface area (Å²) in [4.78, 5) is 26.2. The Morgan fingerprint density at radius 1 is 1.34 bits per heavy atom. The van der Waals surface area contributed by atoms with Gasteiger partial charge in [0.2, 0.25) is 0 Å². The van der Waals surface area contributed by atoms with Gasteiger partial charge in [-0.15, -0.1) is 17.8 Å². The largest absolute Gasteiger partial charge is 0.358 e. The molecule has 1 aliphatic heterocycles. The third-order valence-electron chi connectivity index (χ3n) is 4.58. The zero-order valence-corrected chi connectivity index (χ0v) is 17.9. The number of Topliss-reactive ketones (excluding diaryl/α,β-unsaturated/α-hetero) is 1. The number of carbonyl (C=O) groups is 2. The molecule has 0 spiro atoms. The number of halogens is 2. The Kier molecular flexibility index (Phi) is 5.72. The van der Waals surface area contributed by atoms with Crippen LogP contribution in [0.4, 0.5) is 10.1 Å². The van der Waals surface area contributed by atoms with Crippen molar-refractivity contribution in [2.24, 2.45) is 0 Å². The maximum atomic E-state index is 13.3. The summed E-state index contributed by atoms with van der Waals surface area (Å²) < 4.78 is 19.0. The highest BCUT2D eigenvalue weighted by molar-refractivity contribution is 7.15. The first-order chi connectivity index (χ1) is 13.5. The molecule has 0 aliphatic carbocycles. The number of amides is 1. The minimum absolute atomic E-state index is 0.0175. The summed E-state index contributed by atoms with van der Waals surface area (Å²) in [5, 5.41) is 5.70. The molecule has 0 bridgehead atoms. The van der Waals surface area contributed by atoms with Gasteiger partial charge < -0.3 is 15.4 Å². The van der Waals surface area contributed by atoms with Crippen LogP contribution in [-0.4, -0.2) is 23.5 Å². The molecule has 1 aromatic heterocycles. The lowest BCUT2D eigenvalue weighted by atomic mass is 10.0. The second kappa shape index (κ2) is 7.79. The molecule has 1 aromatic carbocycles. The third-order valence-corrected chi connectivity index (χ3v) is 6.09. The van der Waals surface area contributed by atoms with Crippen LogP contribution in [0.2, 0.25) is 5.02 Å². The predicted molar refractivity (Wildman–Crippen MR) is 112 cm³/mol. The van der Waals surface area contributed by atoms with Gasteiger partial charge in [0.25, 0.3) is 11.7 Å². The number of hydrogen-bond acceptors (Lipinski definition) is 5. The molecule has 8 heteroatoms. The van der Waals surface area contributed by atoms with Crippen LogP contribution in [0.3, 0.4) is 0 Å². The van der Waals surface area contributed by atoms with Crippen molar-refractivity contribution in [3.63, 3.8) is 0 Å². The predicted octanol–water partition coefficient (Wildman–Crippen LogP) is 4.38. The van der Waals surface area contributed by atoms with Gasteiger partial charge in [0.15, 0.2) is 6.23 Å². The number of thiophene rings is 1. The molecule has 29 heavy (non-hydrogen) atoms. The minimum Gasteiger partial charge on any atom is -0.358 e. The molecule has 1 aliphatic rings. The molecule has 5 nitrogen and oxygen atoms in total. The van der Waals surface area contributed by atoms with E-state index in [4.69, 9.17) is 22.8 Å². The average molecular weight is 435 g/mol. The van der Waals surface area contributed by atoms with Crippen molar-refractivity contribution in [2.45, 2.75) is 45.6 Å². The molecule has 2 aromatic rings. The first-order valence-corrected chi connectivity index (χ1v) is 10.0. The van der Waals surface area contributed by atoms with Crippen molar-refractivity contribution >= 4 is 40.3 Å². The maximum absolute atomic E-state index is 13.3. The number of nitrogens with one attached hydrogen (secondary N) is 2. The topological polar surface area (TPSA) is 70.7 Å². The van der Waals surface area contributed by atoms with Crippen LogP contribution in [0, 0.1) is 32.0 Å². The first kappa shape index (κ1) is 21.3. The molecule has 0 saturated carbocycles. The molecule has 1 fully saturated rings. The third kappa shape index (κ3) is 4.45. The van der Waals surface area contributed by atoms with Gasteiger partial charge in [-0.2, -0.15) is 0 Å². The van der Waals surface area contributed by atoms with Gasteiger partial charge in [-0.05, 0) is 51.5 Å². The Bertz CT molecular complexity index is 1040. The van der Waals surface area contributed by atoms with Crippen molar-refractivity contribution < 1.29 is 18.7 Å². The molecule has 3 rings (SSSR count). The van der Waals surface area contributed by atoms with E-state index in [1.54, 1.807) is 26.8 Å².